The molecule has 0 saturated heterocycles. The Kier molecular flexibility index (Phi) is 5.15. The molecule has 0 heterocycles. The lowest BCUT2D eigenvalue weighted by Gasteiger charge is -2.20. The third-order valence-corrected chi connectivity index (χ3v) is 4.14. The van der Waals surface area contributed by atoms with Gasteiger partial charge in [0.1, 0.15) is 11.6 Å². The first-order chi connectivity index (χ1) is 9.67. The standard InChI is InChI=1S/C16H17F2NS/c1-19-15(11-6-3-4-9-16(11)20-2)10-12-13(17)7-5-8-14(12)18/h3-9,15,19H,10H2,1-2H3. The highest BCUT2D eigenvalue weighted by molar-refractivity contribution is 7.98. The number of halogens is 2. The van der Waals surface area contributed by atoms with Gasteiger partial charge in [-0.25, -0.2) is 8.78 Å². The molecule has 4 heteroatoms. The van der Waals surface area contributed by atoms with E-state index in [1.165, 1.54) is 18.2 Å². The van der Waals surface area contributed by atoms with Crippen molar-refractivity contribution in [2.24, 2.45) is 0 Å². The van der Waals surface area contributed by atoms with E-state index >= 15 is 0 Å². The third kappa shape index (κ3) is 3.19. The summed E-state index contributed by atoms with van der Waals surface area (Å²) in [6.07, 6.45) is 2.28. The maximum atomic E-state index is 13.8. The van der Waals surface area contributed by atoms with Crippen molar-refractivity contribution in [2.75, 3.05) is 13.3 Å². The van der Waals surface area contributed by atoms with E-state index in [2.05, 4.69) is 5.32 Å². The Morgan fingerprint density at radius 3 is 2.30 bits per heavy atom. The molecule has 2 aromatic rings. The number of hydrogen-bond acceptors (Lipinski definition) is 2. The molecule has 0 radical (unpaired) electrons. The lowest BCUT2D eigenvalue weighted by atomic mass is 9.98. The number of nitrogens with one attached hydrogen (secondary N) is 1. The average Bonchev–Trinajstić information content (AvgIpc) is 2.47. The summed E-state index contributed by atoms with van der Waals surface area (Å²) in [7, 11) is 1.81. The maximum Gasteiger partial charge on any atom is 0.129 e. The van der Waals surface area contributed by atoms with Gasteiger partial charge in [0, 0.05) is 16.5 Å². The number of thioether (sulfide) groups is 1. The van der Waals surface area contributed by atoms with Crippen molar-refractivity contribution in [3.05, 3.63) is 65.2 Å². The normalized spacial score (nSPS) is 12.4. The van der Waals surface area contributed by atoms with E-state index in [9.17, 15) is 8.78 Å². The van der Waals surface area contributed by atoms with E-state index < -0.39 is 11.6 Å². The summed E-state index contributed by atoms with van der Waals surface area (Å²) in [5.74, 6) is -0.987. The summed E-state index contributed by atoms with van der Waals surface area (Å²) in [4.78, 5) is 1.11. The number of likely N-dealkylation sites (N-methyl/N-ethyl adjacent to an activating group) is 1. The predicted molar refractivity (Wildman–Crippen MR) is 80.1 cm³/mol. The minimum atomic E-state index is -0.494. The Bertz CT molecular complexity index is 566. The van der Waals surface area contributed by atoms with Crippen LogP contribution in [0.2, 0.25) is 0 Å². The Labute approximate surface area is 122 Å². The molecule has 1 N–H and O–H groups in total. The van der Waals surface area contributed by atoms with Crippen LogP contribution in [0.3, 0.4) is 0 Å². The topological polar surface area (TPSA) is 12.0 Å². The highest BCUT2D eigenvalue weighted by Crippen LogP contribution is 2.29. The molecule has 0 saturated carbocycles. The molecule has 0 spiro atoms. The molecule has 0 amide bonds. The minimum Gasteiger partial charge on any atom is -0.313 e. The SMILES string of the molecule is CNC(Cc1c(F)cccc1F)c1ccccc1SC. The molecule has 0 aromatic heterocycles. The van der Waals surface area contributed by atoms with Crippen LogP contribution < -0.4 is 5.32 Å². The first-order valence-electron chi connectivity index (χ1n) is 6.40. The van der Waals surface area contributed by atoms with Crippen molar-refractivity contribution in [2.45, 2.75) is 17.4 Å². The Morgan fingerprint density at radius 2 is 1.70 bits per heavy atom. The molecular formula is C16H17F2NS. The maximum absolute atomic E-state index is 13.8. The van der Waals surface area contributed by atoms with Crippen LogP contribution in [-0.2, 0) is 6.42 Å². The predicted octanol–water partition coefficient (Wildman–Crippen LogP) is 4.19. The zero-order valence-electron chi connectivity index (χ0n) is 11.5. The van der Waals surface area contributed by atoms with Gasteiger partial charge in [-0.05, 0) is 43.5 Å². The molecule has 0 fully saturated rings. The first kappa shape index (κ1) is 15.0. The van der Waals surface area contributed by atoms with Crippen molar-refractivity contribution in [3.63, 3.8) is 0 Å². The van der Waals surface area contributed by atoms with E-state index in [4.69, 9.17) is 0 Å². The van der Waals surface area contributed by atoms with E-state index in [0.717, 1.165) is 10.5 Å². The van der Waals surface area contributed by atoms with Gasteiger partial charge in [0.25, 0.3) is 0 Å². The smallest absolute Gasteiger partial charge is 0.129 e. The van der Waals surface area contributed by atoms with Crippen molar-refractivity contribution >= 4 is 11.8 Å². The highest BCUT2D eigenvalue weighted by atomic mass is 32.2. The molecule has 0 aliphatic carbocycles. The number of rotatable bonds is 5. The molecule has 0 aliphatic heterocycles. The number of hydrogen-bond donors (Lipinski definition) is 1. The van der Waals surface area contributed by atoms with E-state index in [1.807, 2.05) is 30.5 Å². The Balaban J connectivity index is 2.34. The summed E-state index contributed by atoms with van der Waals surface area (Å²) < 4.78 is 27.5. The second-order valence-corrected chi connectivity index (χ2v) is 5.34. The van der Waals surface area contributed by atoms with Gasteiger partial charge in [-0.1, -0.05) is 24.3 Å². The molecule has 1 atom stereocenters. The van der Waals surface area contributed by atoms with E-state index in [0.29, 0.717) is 0 Å². The summed E-state index contributed by atoms with van der Waals surface area (Å²) in [6, 6.07) is 11.8. The molecule has 0 bridgehead atoms. The fourth-order valence-electron chi connectivity index (χ4n) is 2.25. The number of benzene rings is 2. The molecule has 106 valence electrons. The van der Waals surface area contributed by atoms with Gasteiger partial charge in [0.15, 0.2) is 0 Å². The molecule has 20 heavy (non-hydrogen) atoms. The zero-order valence-corrected chi connectivity index (χ0v) is 12.3. The van der Waals surface area contributed by atoms with E-state index in [-0.39, 0.29) is 18.0 Å². The van der Waals surface area contributed by atoms with Crippen LogP contribution in [0.25, 0.3) is 0 Å². The lowest BCUT2D eigenvalue weighted by molar-refractivity contribution is 0.512. The molecule has 1 unspecified atom stereocenters. The molecule has 1 nitrogen and oxygen atoms in total. The third-order valence-electron chi connectivity index (χ3n) is 3.33. The molecule has 2 rings (SSSR count). The lowest BCUT2D eigenvalue weighted by Crippen LogP contribution is -2.20. The Hall–Kier alpha value is -1.39. The Morgan fingerprint density at radius 1 is 1.05 bits per heavy atom. The molecule has 2 aromatic carbocycles. The van der Waals surface area contributed by atoms with Crippen molar-refractivity contribution < 1.29 is 8.78 Å². The highest BCUT2D eigenvalue weighted by Gasteiger charge is 2.18. The van der Waals surface area contributed by atoms with Crippen LogP contribution in [0.15, 0.2) is 47.4 Å². The van der Waals surface area contributed by atoms with Gasteiger partial charge in [0.2, 0.25) is 0 Å². The van der Waals surface area contributed by atoms with Crippen LogP contribution in [0.4, 0.5) is 8.78 Å². The van der Waals surface area contributed by atoms with E-state index in [1.54, 1.807) is 18.8 Å². The zero-order chi connectivity index (χ0) is 14.5. The average molecular weight is 293 g/mol. The minimum absolute atomic E-state index is 0.120. The summed E-state index contributed by atoms with van der Waals surface area (Å²) in [6.45, 7) is 0. The second kappa shape index (κ2) is 6.86. The monoisotopic (exact) mass is 293 g/mol. The van der Waals surface area contributed by atoms with Crippen LogP contribution >= 0.6 is 11.8 Å². The quantitative estimate of drug-likeness (QED) is 0.830. The largest absolute Gasteiger partial charge is 0.313 e. The van der Waals surface area contributed by atoms with Crippen LogP contribution in [-0.4, -0.2) is 13.3 Å². The van der Waals surface area contributed by atoms with Crippen molar-refractivity contribution in [1.82, 2.24) is 5.32 Å². The summed E-state index contributed by atoms with van der Waals surface area (Å²) in [5.41, 5.74) is 1.19. The van der Waals surface area contributed by atoms with Gasteiger partial charge >= 0.3 is 0 Å². The van der Waals surface area contributed by atoms with Crippen LogP contribution in [0.1, 0.15) is 17.2 Å². The summed E-state index contributed by atoms with van der Waals surface area (Å²) in [5, 5.41) is 3.15. The van der Waals surface area contributed by atoms with Crippen molar-refractivity contribution in [1.29, 1.82) is 0 Å². The first-order valence-corrected chi connectivity index (χ1v) is 7.63. The van der Waals surface area contributed by atoms with Gasteiger partial charge in [0.05, 0.1) is 0 Å². The van der Waals surface area contributed by atoms with Gasteiger partial charge < -0.3 is 5.32 Å². The second-order valence-electron chi connectivity index (χ2n) is 4.49. The molecular weight excluding hydrogens is 276 g/mol. The summed E-state index contributed by atoms with van der Waals surface area (Å²) >= 11 is 1.63. The fourth-order valence-corrected chi connectivity index (χ4v) is 2.91. The van der Waals surface area contributed by atoms with Gasteiger partial charge in [-0.15, -0.1) is 11.8 Å². The van der Waals surface area contributed by atoms with Crippen molar-refractivity contribution in [3.8, 4) is 0 Å². The van der Waals surface area contributed by atoms with Crippen LogP contribution in [0.5, 0.6) is 0 Å². The van der Waals surface area contributed by atoms with Gasteiger partial charge in [-0.3, -0.25) is 0 Å². The van der Waals surface area contributed by atoms with Gasteiger partial charge in [-0.2, -0.15) is 0 Å². The fraction of sp³-hybridized carbons (Fsp3) is 0.250. The van der Waals surface area contributed by atoms with Crippen LogP contribution in [0, 0.1) is 11.6 Å². The molecule has 0 aliphatic rings.